The lowest BCUT2D eigenvalue weighted by molar-refractivity contribution is 0.0330. The van der Waals surface area contributed by atoms with Crippen LogP contribution >= 0.6 is 0 Å². The molecule has 21 heavy (non-hydrogen) atoms. The van der Waals surface area contributed by atoms with Crippen LogP contribution in [-0.2, 0) is 4.74 Å². The Bertz CT molecular complexity index is 525. The van der Waals surface area contributed by atoms with Crippen molar-refractivity contribution in [2.45, 2.75) is 32.9 Å². The molecule has 0 fully saturated rings. The highest BCUT2D eigenvalue weighted by molar-refractivity contribution is 5.25. The SMILES string of the molecule is CCNC(c1ccc(C)nc1)C(OCC)c1ccccc1. The number of ether oxygens (including phenoxy) is 1. The van der Waals surface area contributed by atoms with Gasteiger partial charge in [0.1, 0.15) is 6.10 Å². The maximum atomic E-state index is 6.04. The highest BCUT2D eigenvalue weighted by Crippen LogP contribution is 2.31. The van der Waals surface area contributed by atoms with E-state index in [9.17, 15) is 0 Å². The van der Waals surface area contributed by atoms with Gasteiger partial charge in [0.15, 0.2) is 0 Å². The molecule has 1 aromatic heterocycles. The normalized spacial score (nSPS) is 13.9. The van der Waals surface area contributed by atoms with Crippen molar-refractivity contribution in [2.24, 2.45) is 0 Å². The molecular weight excluding hydrogens is 260 g/mol. The third-order valence-corrected chi connectivity index (χ3v) is 3.49. The number of nitrogens with zero attached hydrogens (tertiary/aromatic N) is 1. The average molecular weight is 284 g/mol. The first-order valence-electron chi connectivity index (χ1n) is 7.58. The fraction of sp³-hybridized carbons (Fsp3) is 0.389. The van der Waals surface area contributed by atoms with Gasteiger partial charge in [0, 0.05) is 18.5 Å². The Morgan fingerprint density at radius 3 is 2.38 bits per heavy atom. The van der Waals surface area contributed by atoms with Gasteiger partial charge in [-0.25, -0.2) is 0 Å². The third kappa shape index (κ3) is 4.13. The standard InChI is InChI=1S/C18H24N2O/c1-4-19-17(16-12-11-14(3)20-13-16)18(21-5-2)15-9-7-6-8-10-15/h6-13,17-19H,4-5H2,1-3H3. The van der Waals surface area contributed by atoms with E-state index in [-0.39, 0.29) is 12.1 Å². The van der Waals surface area contributed by atoms with Crippen molar-refractivity contribution in [3.63, 3.8) is 0 Å². The van der Waals surface area contributed by atoms with Gasteiger partial charge in [-0.2, -0.15) is 0 Å². The van der Waals surface area contributed by atoms with Crippen LogP contribution < -0.4 is 5.32 Å². The molecule has 112 valence electrons. The Morgan fingerprint density at radius 1 is 1.05 bits per heavy atom. The van der Waals surface area contributed by atoms with E-state index in [1.165, 1.54) is 5.56 Å². The summed E-state index contributed by atoms with van der Waals surface area (Å²) in [6.07, 6.45) is 1.93. The number of pyridine rings is 1. The number of nitrogens with one attached hydrogen (secondary N) is 1. The lowest BCUT2D eigenvalue weighted by atomic mass is 9.96. The van der Waals surface area contributed by atoms with Crippen LogP contribution in [0.3, 0.4) is 0 Å². The summed E-state index contributed by atoms with van der Waals surface area (Å²) in [7, 11) is 0. The third-order valence-electron chi connectivity index (χ3n) is 3.49. The number of likely N-dealkylation sites (N-methyl/N-ethyl adjacent to an activating group) is 1. The van der Waals surface area contributed by atoms with Crippen LogP contribution in [0.25, 0.3) is 0 Å². The van der Waals surface area contributed by atoms with Crippen LogP contribution in [0.1, 0.15) is 42.8 Å². The van der Waals surface area contributed by atoms with E-state index in [2.05, 4.69) is 47.6 Å². The molecule has 2 rings (SSSR count). The second-order valence-corrected chi connectivity index (χ2v) is 5.05. The highest BCUT2D eigenvalue weighted by Gasteiger charge is 2.24. The molecular formula is C18H24N2O. The van der Waals surface area contributed by atoms with Gasteiger partial charge in [0.2, 0.25) is 0 Å². The minimum atomic E-state index is -0.0133. The van der Waals surface area contributed by atoms with Crippen molar-refractivity contribution in [1.82, 2.24) is 10.3 Å². The second-order valence-electron chi connectivity index (χ2n) is 5.05. The van der Waals surface area contributed by atoms with Crippen molar-refractivity contribution in [3.8, 4) is 0 Å². The summed E-state index contributed by atoms with van der Waals surface area (Å²) < 4.78 is 6.04. The van der Waals surface area contributed by atoms with Crippen LogP contribution in [0.15, 0.2) is 48.7 Å². The molecule has 0 radical (unpaired) electrons. The van der Waals surface area contributed by atoms with Gasteiger partial charge < -0.3 is 10.1 Å². The summed E-state index contributed by atoms with van der Waals surface area (Å²) >= 11 is 0. The van der Waals surface area contributed by atoms with Crippen LogP contribution in [0.4, 0.5) is 0 Å². The Morgan fingerprint density at radius 2 is 1.81 bits per heavy atom. The summed E-state index contributed by atoms with van der Waals surface area (Å²) in [6, 6.07) is 14.7. The number of hydrogen-bond donors (Lipinski definition) is 1. The lowest BCUT2D eigenvalue weighted by Crippen LogP contribution is -2.29. The fourth-order valence-electron chi connectivity index (χ4n) is 2.49. The summed E-state index contributed by atoms with van der Waals surface area (Å²) in [5.41, 5.74) is 3.37. The molecule has 0 aliphatic heterocycles. The minimum Gasteiger partial charge on any atom is -0.372 e. The Kier molecular flexibility index (Phi) is 5.90. The van der Waals surface area contributed by atoms with E-state index >= 15 is 0 Å². The summed E-state index contributed by atoms with van der Waals surface area (Å²) in [5, 5.41) is 3.54. The molecule has 2 atom stereocenters. The number of rotatable bonds is 7. The molecule has 1 aromatic carbocycles. The fourth-order valence-corrected chi connectivity index (χ4v) is 2.49. The van der Waals surface area contributed by atoms with Gasteiger partial charge in [-0.15, -0.1) is 0 Å². The first-order chi connectivity index (χ1) is 10.3. The molecule has 0 aliphatic carbocycles. The zero-order valence-corrected chi connectivity index (χ0v) is 13.0. The number of aryl methyl sites for hydroxylation is 1. The van der Waals surface area contributed by atoms with E-state index in [4.69, 9.17) is 4.74 Å². The molecule has 2 unspecified atom stereocenters. The Labute approximate surface area is 127 Å². The Hall–Kier alpha value is -1.71. The van der Waals surface area contributed by atoms with E-state index in [1.54, 1.807) is 0 Å². The first kappa shape index (κ1) is 15.7. The number of hydrogen-bond acceptors (Lipinski definition) is 3. The van der Waals surface area contributed by atoms with Gasteiger partial charge >= 0.3 is 0 Å². The molecule has 1 heterocycles. The van der Waals surface area contributed by atoms with Gasteiger partial charge in [-0.3, -0.25) is 4.98 Å². The van der Waals surface area contributed by atoms with E-state index in [1.807, 2.05) is 32.2 Å². The number of benzene rings is 1. The quantitative estimate of drug-likeness (QED) is 0.839. The molecule has 0 saturated heterocycles. The van der Waals surface area contributed by atoms with Crippen molar-refractivity contribution < 1.29 is 4.74 Å². The van der Waals surface area contributed by atoms with Crippen LogP contribution in [0.2, 0.25) is 0 Å². The van der Waals surface area contributed by atoms with Gasteiger partial charge in [0.05, 0.1) is 6.04 Å². The molecule has 0 aliphatic rings. The molecule has 0 spiro atoms. The van der Waals surface area contributed by atoms with Crippen LogP contribution in [-0.4, -0.2) is 18.1 Å². The molecule has 0 bridgehead atoms. The molecule has 0 amide bonds. The molecule has 2 aromatic rings. The Balaban J connectivity index is 2.34. The van der Waals surface area contributed by atoms with Crippen LogP contribution in [0, 0.1) is 6.92 Å². The van der Waals surface area contributed by atoms with Gasteiger partial charge in [-0.05, 0) is 37.6 Å². The monoisotopic (exact) mass is 284 g/mol. The smallest absolute Gasteiger partial charge is 0.102 e. The van der Waals surface area contributed by atoms with Crippen molar-refractivity contribution in [2.75, 3.05) is 13.2 Å². The predicted molar refractivity (Wildman–Crippen MR) is 86.2 cm³/mol. The maximum Gasteiger partial charge on any atom is 0.102 e. The zero-order valence-electron chi connectivity index (χ0n) is 13.0. The molecule has 3 nitrogen and oxygen atoms in total. The summed E-state index contributed by atoms with van der Waals surface area (Å²) in [5.74, 6) is 0. The van der Waals surface area contributed by atoms with Crippen molar-refractivity contribution in [1.29, 1.82) is 0 Å². The molecule has 3 heteroatoms. The average Bonchev–Trinajstić information content (AvgIpc) is 2.53. The minimum absolute atomic E-state index is 0.0133. The molecule has 0 saturated carbocycles. The van der Waals surface area contributed by atoms with Gasteiger partial charge in [-0.1, -0.05) is 43.3 Å². The predicted octanol–water partition coefficient (Wildman–Crippen LogP) is 3.82. The van der Waals surface area contributed by atoms with E-state index in [0.717, 1.165) is 17.8 Å². The highest BCUT2D eigenvalue weighted by atomic mass is 16.5. The maximum absolute atomic E-state index is 6.04. The van der Waals surface area contributed by atoms with Crippen molar-refractivity contribution >= 4 is 0 Å². The second kappa shape index (κ2) is 7.91. The first-order valence-corrected chi connectivity index (χ1v) is 7.58. The van der Waals surface area contributed by atoms with E-state index < -0.39 is 0 Å². The largest absolute Gasteiger partial charge is 0.372 e. The summed E-state index contributed by atoms with van der Waals surface area (Å²) in [6.45, 7) is 7.72. The number of aromatic nitrogens is 1. The topological polar surface area (TPSA) is 34.2 Å². The van der Waals surface area contributed by atoms with Crippen molar-refractivity contribution in [3.05, 3.63) is 65.5 Å². The lowest BCUT2D eigenvalue weighted by Gasteiger charge is -2.28. The van der Waals surface area contributed by atoms with Gasteiger partial charge in [0.25, 0.3) is 0 Å². The van der Waals surface area contributed by atoms with Crippen LogP contribution in [0.5, 0.6) is 0 Å². The molecule has 1 N–H and O–H groups in total. The zero-order chi connectivity index (χ0) is 15.1. The van der Waals surface area contributed by atoms with E-state index in [0.29, 0.717) is 6.61 Å². The summed E-state index contributed by atoms with van der Waals surface area (Å²) in [4.78, 5) is 4.42.